The lowest BCUT2D eigenvalue weighted by Crippen LogP contribution is -2.33. The van der Waals surface area contributed by atoms with Gasteiger partial charge in [0.25, 0.3) is 0 Å². The number of benzene rings is 2. The molecular formula is C15H11ClF2N2O. The Morgan fingerprint density at radius 1 is 1.24 bits per heavy atom. The van der Waals surface area contributed by atoms with E-state index < -0.39 is 23.6 Å². The van der Waals surface area contributed by atoms with Crippen molar-refractivity contribution >= 4 is 28.9 Å². The molecule has 1 atom stereocenters. The van der Waals surface area contributed by atoms with Crippen LogP contribution in [-0.4, -0.2) is 11.9 Å². The number of anilines is 2. The second kappa shape index (κ2) is 5.33. The third-order valence-electron chi connectivity index (χ3n) is 3.36. The highest BCUT2D eigenvalue weighted by Crippen LogP contribution is 2.27. The highest BCUT2D eigenvalue weighted by Gasteiger charge is 2.27. The molecule has 1 aliphatic heterocycles. The van der Waals surface area contributed by atoms with Crippen LogP contribution in [0.3, 0.4) is 0 Å². The van der Waals surface area contributed by atoms with E-state index in [0.717, 1.165) is 17.3 Å². The van der Waals surface area contributed by atoms with Gasteiger partial charge in [0.1, 0.15) is 17.7 Å². The van der Waals surface area contributed by atoms with E-state index in [-0.39, 0.29) is 10.7 Å². The predicted molar refractivity (Wildman–Crippen MR) is 77.6 cm³/mol. The number of rotatable bonds is 2. The summed E-state index contributed by atoms with van der Waals surface area (Å²) in [6.45, 7) is 0. The van der Waals surface area contributed by atoms with Crippen LogP contribution in [0.1, 0.15) is 5.56 Å². The maximum absolute atomic E-state index is 13.6. The topological polar surface area (TPSA) is 41.1 Å². The molecular weight excluding hydrogens is 298 g/mol. The molecule has 0 fully saturated rings. The summed E-state index contributed by atoms with van der Waals surface area (Å²) in [5.74, 6) is -2.12. The molecule has 0 aromatic heterocycles. The fourth-order valence-corrected chi connectivity index (χ4v) is 2.46. The summed E-state index contributed by atoms with van der Waals surface area (Å²) in [5, 5.41) is 5.24. The Hall–Kier alpha value is -2.14. The average Bonchev–Trinajstić information content (AvgIpc) is 2.88. The molecule has 1 heterocycles. The minimum Gasteiger partial charge on any atom is -0.373 e. The van der Waals surface area contributed by atoms with Crippen LogP contribution in [0.4, 0.5) is 20.2 Å². The van der Waals surface area contributed by atoms with Crippen molar-refractivity contribution in [1.82, 2.24) is 0 Å². The van der Waals surface area contributed by atoms with Gasteiger partial charge in [-0.15, -0.1) is 0 Å². The molecule has 0 aliphatic carbocycles. The van der Waals surface area contributed by atoms with E-state index in [9.17, 15) is 13.6 Å². The Morgan fingerprint density at radius 3 is 2.76 bits per heavy atom. The molecule has 2 N–H and O–H groups in total. The van der Waals surface area contributed by atoms with E-state index in [2.05, 4.69) is 10.6 Å². The van der Waals surface area contributed by atoms with Gasteiger partial charge in [-0.2, -0.15) is 0 Å². The summed E-state index contributed by atoms with van der Waals surface area (Å²) in [6.07, 6.45) is 0.512. The number of carbonyl (C=O) groups is 1. The van der Waals surface area contributed by atoms with Gasteiger partial charge in [0.15, 0.2) is 0 Å². The van der Waals surface area contributed by atoms with Gasteiger partial charge >= 0.3 is 0 Å². The number of hydrogen-bond acceptors (Lipinski definition) is 2. The van der Waals surface area contributed by atoms with Crippen molar-refractivity contribution in [3.8, 4) is 0 Å². The molecule has 0 bridgehead atoms. The van der Waals surface area contributed by atoms with Gasteiger partial charge in [0, 0.05) is 18.2 Å². The first kappa shape index (κ1) is 13.8. The van der Waals surface area contributed by atoms with Gasteiger partial charge in [-0.1, -0.05) is 29.8 Å². The number of amides is 1. The molecule has 0 saturated heterocycles. The summed E-state index contributed by atoms with van der Waals surface area (Å²) < 4.78 is 26.7. The monoisotopic (exact) mass is 308 g/mol. The Bertz CT molecular complexity index is 696. The highest BCUT2D eigenvalue weighted by atomic mass is 35.5. The lowest BCUT2D eigenvalue weighted by Gasteiger charge is -2.13. The molecule has 6 heteroatoms. The van der Waals surface area contributed by atoms with Crippen molar-refractivity contribution in [2.45, 2.75) is 12.5 Å². The maximum Gasteiger partial charge on any atom is 0.247 e. The van der Waals surface area contributed by atoms with Crippen LogP contribution < -0.4 is 10.6 Å². The van der Waals surface area contributed by atoms with Gasteiger partial charge in [-0.05, 0) is 17.7 Å². The SMILES string of the molecule is O=C(Nc1cc(Cl)c(F)cc1F)C1Cc2ccccc2N1. The molecule has 0 saturated carbocycles. The quantitative estimate of drug-likeness (QED) is 0.832. The molecule has 21 heavy (non-hydrogen) atoms. The van der Waals surface area contributed by atoms with Crippen molar-refractivity contribution in [1.29, 1.82) is 0 Å². The highest BCUT2D eigenvalue weighted by molar-refractivity contribution is 6.31. The zero-order valence-corrected chi connectivity index (χ0v) is 11.5. The van der Waals surface area contributed by atoms with Crippen molar-refractivity contribution in [2.24, 2.45) is 0 Å². The summed E-state index contributed by atoms with van der Waals surface area (Å²) >= 11 is 5.59. The van der Waals surface area contributed by atoms with Crippen LogP contribution >= 0.6 is 11.6 Å². The number of para-hydroxylation sites is 1. The van der Waals surface area contributed by atoms with Crippen LogP contribution in [0.2, 0.25) is 5.02 Å². The number of halogens is 3. The van der Waals surface area contributed by atoms with Crippen molar-refractivity contribution in [3.63, 3.8) is 0 Å². The number of fused-ring (bicyclic) bond motifs is 1. The second-order valence-corrected chi connectivity index (χ2v) is 5.20. The van der Waals surface area contributed by atoms with Crippen LogP contribution in [-0.2, 0) is 11.2 Å². The number of nitrogens with one attached hydrogen (secondary N) is 2. The average molecular weight is 309 g/mol. The lowest BCUT2D eigenvalue weighted by atomic mass is 10.1. The maximum atomic E-state index is 13.6. The van der Waals surface area contributed by atoms with Gasteiger partial charge in [0.05, 0.1) is 10.7 Å². The summed E-state index contributed by atoms with van der Waals surface area (Å²) in [5.41, 5.74) is 1.77. The molecule has 1 unspecified atom stereocenters. The van der Waals surface area contributed by atoms with Gasteiger partial charge in [-0.25, -0.2) is 8.78 Å². The molecule has 1 amide bonds. The third kappa shape index (κ3) is 2.69. The number of hydrogen-bond donors (Lipinski definition) is 2. The Morgan fingerprint density at radius 2 is 2.00 bits per heavy atom. The van der Waals surface area contributed by atoms with Crippen molar-refractivity contribution in [3.05, 3.63) is 58.6 Å². The molecule has 2 aromatic rings. The normalized spacial score (nSPS) is 16.2. The Balaban J connectivity index is 1.75. The minimum atomic E-state index is -0.862. The summed E-state index contributed by atoms with van der Waals surface area (Å²) in [6, 6.07) is 8.76. The fraction of sp³-hybridized carbons (Fsp3) is 0.133. The van der Waals surface area contributed by atoms with Gasteiger partial charge in [-0.3, -0.25) is 4.79 Å². The molecule has 108 valence electrons. The Kier molecular flexibility index (Phi) is 3.51. The van der Waals surface area contributed by atoms with Gasteiger partial charge < -0.3 is 10.6 Å². The van der Waals surface area contributed by atoms with E-state index in [0.29, 0.717) is 12.5 Å². The molecule has 0 spiro atoms. The van der Waals surface area contributed by atoms with E-state index in [1.165, 1.54) is 0 Å². The van der Waals surface area contributed by atoms with Crippen LogP contribution in [0, 0.1) is 11.6 Å². The molecule has 0 radical (unpaired) electrons. The Labute approximate surface area is 124 Å². The fourth-order valence-electron chi connectivity index (χ4n) is 2.29. The summed E-state index contributed by atoms with van der Waals surface area (Å²) in [4.78, 5) is 12.2. The zero-order chi connectivity index (χ0) is 15.0. The standard InChI is InChI=1S/C15H11ClF2N2O/c16-9-6-13(11(18)7-10(9)17)20-15(21)14-5-8-3-1-2-4-12(8)19-14/h1-4,6-7,14,19H,5H2,(H,20,21). The van der Waals surface area contributed by atoms with Crippen LogP contribution in [0.25, 0.3) is 0 Å². The first-order valence-corrected chi connectivity index (χ1v) is 6.72. The zero-order valence-electron chi connectivity index (χ0n) is 10.8. The molecule has 3 nitrogen and oxygen atoms in total. The van der Waals surface area contributed by atoms with Crippen LogP contribution in [0.15, 0.2) is 36.4 Å². The predicted octanol–water partition coefficient (Wildman–Crippen LogP) is 3.59. The first-order chi connectivity index (χ1) is 10.0. The number of carbonyl (C=O) groups excluding carboxylic acids is 1. The minimum absolute atomic E-state index is 0.135. The van der Waals surface area contributed by atoms with Crippen LogP contribution in [0.5, 0.6) is 0 Å². The largest absolute Gasteiger partial charge is 0.373 e. The first-order valence-electron chi connectivity index (χ1n) is 6.34. The third-order valence-corrected chi connectivity index (χ3v) is 3.65. The summed E-state index contributed by atoms with van der Waals surface area (Å²) in [7, 11) is 0. The van der Waals surface area contributed by atoms with Crippen molar-refractivity contribution in [2.75, 3.05) is 10.6 Å². The molecule has 1 aliphatic rings. The van der Waals surface area contributed by atoms with E-state index in [1.807, 2.05) is 24.3 Å². The lowest BCUT2D eigenvalue weighted by molar-refractivity contribution is -0.116. The van der Waals surface area contributed by atoms with Gasteiger partial charge in [0.2, 0.25) is 5.91 Å². The van der Waals surface area contributed by atoms with E-state index in [1.54, 1.807) is 0 Å². The van der Waals surface area contributed by atoms with E-state index in [4.69, 9.17) is 11.6 Å². The molecule has 2 aromatic carbocycles. The molecule has 3 rings (SSSR count). The van der Waals surface area contributed by atoms with E-state index >= 15 is 0 Å². The second-order valence-electron chi connectivity index (χ2n) is 4.79. The smallest absolute Gasteiger partial charge is 0.247 e. The van der Waals surface area contributed by atoms with Crippen molar-refractivity contribution < 1.29 is 13.6 Å².